The van der Waals surface area contributed by atoms with Crippen LogP contribution in [0.1, 0.15) is 58.5 Å². The molecule has 4 aliphatic carbocycles. The Balaban J connectivity index is 1.40. The second-order valence-electron chi connectivity index (χ2n) is 11.5. The molecule has 9 atom stereocenters. The number of ether oxygens (including phenoxy) is 3. The predicted molar refractivity (Wildman–Crippen MR) is 125 cm³/mol. The molecule has 5 aliphatic rings. The molecule has 1 N–H and O–H groups in total. The molecule has 3 saturated carbocycles. The monoisotopic (exact) mass is 496 g/mol. The number of furan rings is 1. The van der Waals surface area contributed by atoms with Crippen LogP contribution in [0.4, 0.5) is 0 Å². The second-order valence-corrected chi connectivity index (χ2v) is 11.5. The quantitative estimate of drug-likeness (QED) is 0.631. The average Bonchev–Trinajstić information content (AvgIpc) is 3.53. The Morgan fingerprint density at radius 2 is 2.08 bits per heavy atom. The molecule has 2 heterocycles. The van der Waals surface area contributed by atoms with E-state index >= 15 is 0 Å². The Morgan fingerprint density at radius 3 is 2.81 bits per heavy atom. The van der Waals surface area contributed by atoms with Crippen molar-refractivity contribution in [2.24, 2.45) is 28.6 Å². The third kappa shape index (κ3) is 3.07. The predicted octanol–water partition coefficient (Wildman–Crippen LogP) is 3.45. The van der Waals surface area contributed by atoms with Crippen LogP contribution in [0, 0.1) is 28.6 Å². The van der Waals surface area contributed by atoms with E-state index in [2.05, 4.69) is 6.92 Å². The maximum atomic E-state index is 13.9. The summed E-state index contributed by atoms with van der Waals surface area (Å²) < 4.78 is 23.5. The molecule has 36 heavy (non-hydrogen) atoms. The van der Waals surface area contributed by atoms with Crippen molar-refractivity contribution >= 4 is 17.5 Å². The highest BCUT2D eigenvalue weighted by molar-refractivity contribution is 6.01. The minimum atomic E-state index is -1.38. The third-order valence-electron chi connectivity index (χ3n) is 9.83. The molecule has 4 fully saturated rings. The van der Waals surface area contributed by atoms with Gasteiger partial charge in [-0.25, -0.2) is 0 Å². The standard InChI is InChI=1S/C28H32O8/c1-15(29)34-14-22(32)28-23(35-25(36-28)21-5-4-10-33-21)12-19-18-7-6-16-11-17(30)8-9-26(16,2)24(18)20(31)13-27(19,28)3/h4-5,8-11,18-20,23-25,31H,6-7,12-14H2,1-3H3/t18-,19-,20-,23+,24+,25+,26-,27-,28+/m0/s1. The summed E-state index contributed by atoms with van der Waals surface area (Å²) in [5, 5.41) is 11.7. The number of hydrogen-bond acceptors (Lipinski definition) is 8. The van der Waals surface area contributed by atoms with Gasteiger partial charge in [0.25, 0.3) is 0 Å². The smallest absolute Gasteiger partial charge is 0.303 e. The molecule has 1 saturated heterocycles. The SMILES string of the molecule is CC(=O)OCC(=O)[C@@]12O[C@H](c3ccco3)O[C@@H]1C[C@H]1[C@@H]3CCC4=CC(=O)C=C[C@]4(C)[C@H]3[C@@H](O)C[C@@]12C. The van der Waals surface area contributed by atoms with Crippen LogP contribution in [0.15, 0.2) is 46.6 Å². The van der Waals surface area contributed by atoms with Crippen molar-refractivity contribution in [3.05, 3.63) is 48.0 Å². The van der Waals surface area contributed by atoms with E-state index in [1.165, 1.54) is 13.2 Å². The van der Waals surface area contributed by atoms with Crippen molar-refractivity contribution in [2.45, 2.75) is 70.6 Å². The van der Waals surface area contributed by atoms with E-state index in [1.807, 2.05) is 13.0 Å². The number of hydrogen-bond donors (Lipinski definition) is 1. The zero-order valence-corrected chi connectivity index (χ0v) is 20.8. The summed E-state index contributed by atoms with van der Waals surface area (Å²) in [4.78, 5) is 37.5. The van der Waals surface area contributed by atoms with Crippen LogP contribution < -0.4 is 0 Å². The summed E-state index contributed by atoms with van der Waals surface area (Å²) in [5.41, 5.74) is -1.47. The Kier molecular flexibility index (Phi) is 5.28. The number of carbonyl (C=O) groups is 3. The van der Waals surface area contributed by atoms with Gasteiger partial charge in [-0.2, -0.15) is 0 Å². The fourth-order valence-corrected chi connectivity index (χ4v) is 8.40. The lowest BCUT2D eigenvalue weighted by Crippen LogP contribution is -2.63. The summed E-state index contributed by atoms with van der Waals surface area (Å²) in [6.45, 7) is 4.99. The number of rotatable bonds is 4. The number of esters is 1. The molecule has 8 heteroatoms. The number of Topliss-reactive ketones (excluding diaryl/α,β-unsaturated/α-hetero) is 1. The van der Waals surface area contributed by atoms with Crippen molar-refractivity contribution in [3.8, 4) is 0 Å². The molecule has 8 nitrogen and oxygen atoms in total. The van der Waals surface area contributed by atoms with Gasteiger partial charge in [0.05, 0.1) is 18.5 Å². The Hall–Kier alpha value is -2.55. The van der Waals surface area contributed by atoms with Gasteiger partial charge < -0.3 is 23.7 Å². The minimum Gasteiger partial charge on any atom is -0.464 e. The van der Waals surface area contributed by atoms with Crippen LogP contribution >= 0.6 is 0 Å². The lowest BCUT2D eigenvalue weighted by Gasteiger charge is -2.59. The number of allylic oxidation sites excluding steroid dienone is 4. The zero-order valence-electron chi connectivity index (χ0n) is 20.8. The van der Waals surface area contributed by atoms with Crippen LogP contribution in [0.2, 0.25) is 0 Å². The molecule has 0 aromatic carbocycles. The molecule has 0 radical (unpaired) electrons. The Morgan fingerprint density at radius 1 is 1.28 bits per heavy atom. The highest BCUT2D eigenvalue weighted by Crippen LogP contribution is 2.70. The zero-order chi connectivity index (χ0) is 25.5. The van der Waals surface area contributed by atoms with E-state index in [9.17, 15) is 19.5 Å². The second kappa shape index (κ2) is 7.97. The van der Waals surface area contributed by atoms with Crippen LogP contribution in [0.25, 0.3) is 0 Å². The molecular formula is C28H32O8. The summed E-state index contributed by atoms with van der Waals surface area (Å²) in [6, 6.07) is 3.48. The first-order valence-corrected chi connectivity index (χ1v) is 12.8. The normalized spacial score (nSPS) is 44.8. The molecule has 0 spiro atoms. The summed E-state index contributed by atoms with van der Waals surface area (Å²) in [7, 11) is 0. The summed E-state index contributed by atoms with van der Waals surface area (Å²) in [6.07, 6.45) is 7.19. The van der Waals surface area contributed by atoms with Crippen molar-refractivity contribution in [1.29, 1.82) is 0 Å². The molecule has 1 aromatic rings. The molecule has 0 bridgehead atoms. The number of fused-ring (bicyclic) bond motifs is 7. The molecule has 192 valence electrons. The van der Waals surface area contributed by atoms with Crippen LogP contribution in [-0.4, -0.2) is 47.1 Å². The minimum absolute atomic E-state index is 0.00718. The molecule has 0 unspecified atom stereocenters. The largest absolute Gasteiger partial charge is 0.464 e. The van der Waals surface area contributed by atoms with Crippen molar-refractivity contribution in [1.82, 2.24) is 0 Å². The fraction of sp³-hybridized carbons (Fsp3) is 0.607. The van der Waals surface area contributed by atoms with Gasteiger partial charge in [-0.05, 0) is 61.8 Å². The third-order valence-corrected chi connectivity index (χ3v) is 9.83. The van der Waals surface area contributed by atoms with Crippen LogP contribution in [0.5, 0.6) is 0 Å². The van der Waals surface area contributed by atoms with Crippen LogP contribution in [0.3, 0.4) is 0 Å². The number of aliphatic hydroxyl groups is 1. The number of ketones is 2. The van der Waals surface area contributed by atoms with Gasteiger partial charge in [-0.15, -0.1) is 0 Å². The lowest BCUT2D eigenvalue weighted by atomic mass is 9.46. The molecule has 1 aliphatic heterocycles. The molecule has 1 aromatic heterocycles. The van der Waals surface area contributed by atoms with Gasteiger partial charge in [0.2, 0.25) is 12.1 Å². The average molecular weight is 497 g/mol. The molecule has 6 rings (SSSR count). The molecule has 0 amide bonds. The summed E-state index contributed by atoms with van der Waals surface area (Å²) >= 11 is 0. The van der Waals surface area contributed by atoms with E-state index in [1.54, 1.807) is 24.3 Å². The Labute approximate surface area is 209 Å². The highest BCUT2D eigenvalue weighted by atomic mass is 16.8. The van der Waals surface area contributed by atoms with Gasteiger partial charge >= 0.3 is 5.97 Å². The van der Waals surface area contributed by atoms with E-state index in [-0.39, 0.29) is 29.3 Å². The van der Waals surface area contributed by atoms with Gasteiger partial charge in [0.15, 0.2) is 23.8 Å². The van der Waals surface area contributed by atoms with Gasteiger partial charge in [0, 0.05) is 23.7 Å². The van der Waals surface area contributed by atoms with E-state index in [0.717, 1.165) is 18.4 Å². The van der Waals surface area contributed by atoms with Crippen molar-refractivity contribution in [2.75, 3.05) is 6.61 Å². The first-order valence-electron chi connectivity index (χ1n) is 12.8. The first kappa shape index (κ1) is 23.8. The van der Waals surface area contributed by atoms with E-state index in [0.29, 0.717) is 18.6 Å². The summed E-state index contributed by atoms with van der Waals surface area (Å²) in [5.74, 6) is -0.364. The highest BCUT2D eigenvalue weighted by Gasteiger charge is 2.76. The lowest BCUT2D eigenvalue weighted by molar-refractivity contribution is -0.204. The van der Waals surface area contributed by atoms with Gasteiger partial charge in [-0.1, -0.05) is 25.5 Å². The van der Waals surface area contributed by atoms with Crippen molar-refractivity contribution in [3.63, 3.8) is 0 Å². The van der Waals surface area contributed by atoms with E-state index < -0.39 is 47.5 Å². The topological polar surface area (TPSA) is 112 Å². The number of aliphatic hydroxyl groups excluding tert-OH is 1. The van der Waals surface area contributed by atoms with Gasteiger partial charge in [0.1, 0.15) is 0 Å². The first-order chi connectivity index (χ1) is 17.1. The number of carbonyl (C=O) groups excluding carboxylic acids is 3. The maximum absolute atomic E-state index is 13.9. The van der Waals surface area contributed by atoms with Crippen LogP contribution in [-0.2, 0) is 28.6 Å². The molecular weight excluding hydrogens is 464 g/mol. The fourth-order valence-electron chi connectivity index (χ4n) is 8.40. The Bertz CT molecular complexity index is 1170. The van der Waals surface area contributed by atoms with Gasteiger partial charge in [-0.3, -0.25) is 14.4 Å². The van der Waals surface area contributed by atoms with Crippen molar-refractivity contribution < 1.29 is 38.1 Å². The maximum Gasteiger partial charge on any atom is 0.303 e. The van der Waals surface area contributed by atoms with E-state index in [4.69, 9.17) is 18.6 Å².